The lowest BCUT2D eigenvalue weighted by molar-refractivity contribution is 0.102. The Balaban J connectivity index is 1.69. The molecule has 0 saturated carbocycles. The molecule has 0 fully saturated rings. The number of hydrogen-bond acceptors (Lipinski definition) is 3. The smallest absolute Gasteiger partial charge is 0.256 e. The van der Waals surface area contributed by atoms with Crippen molar-refractivity contribution >= 4 is 34.1 Å². The number of halogens is 1. The molecule has 0 saturated heterocycles. The Hall–Kier alpha value is -3.18. The van der Waals surface area contributed by atoms with Gasteiger partial charge in [-0.2, -0.15) is 5.10 Å². The summed E-state index contributed by atoms with van der Waals surface area (Å²) in [7, 11) is 0. The molecule has 4 aromatic rings. The number of pyridine rings is 1. The number of carbonyl (C=O) groups excluding carboxylic acids is 1. The van der Waals surface area contributed by atoms with E-state index >= 15 is 0 Å². The Morgan fingerprint density at radius 2 is 1.92 bits per heavy atom. The minimum atomic E-state index is -0.236. The van der Waals surface area contributed by atoms with Crippen LogP contribution >= 0.6 is 11.6 Å². The van der Waals surface area contributed by atoms with E-state index in [9.17, 15) is 4.79 Å². The molecule has 5 nitrogen and oxygen atoms in total. The second-order valence-corrected chi connectivity index (χ2v) is 6.29. The molecule has 0 aliphatic carbocycles. The highest BCUT2D eigenvalue weighted by molar-refractivity contribution is 6.30. The standard InChI is InChI=1S/C20H15ClN4O/c1-13-9-10-22-25(13)15-6-4-5-14(11-15)23-20(26)17-12-19(21)24-18-8-3-2-7-16(17)18/h2-12H,1H3,(H,23,26). The quantitative estimate of drug-likeness (QED) is 0.540. The second-order valence-electron chi connectivity index (χ2n) is 5.90. The maximum absolute atomic E-state index is 12.8. The predicted octanol–water partition coefficient (Wildman–Crippen LogP) is 4.63. The molecule has 0 aliphatic heterocycles. The van der Waals surface area contributed by atoms with Crippen LogP contribution in [0.4, 0.5) is 5.69 Å². The number of amides is 1. The van der Waals surface area contributed by atoms with Crippen LogP contribution in [0.15, 0.2) is 66.9 Å². The van der Waals surface area contributed by atoms with E-state index in [2.05, 4.69) is 15.4 Å². The van der Waals surface area contributed by atoms with Gasteiger partial charge in [0.05, 0.1) is 16.8 Å². The van der Waals surface area contributed by atoms with E-state index in [1.807, 2.05) is 66.2 Å². The fourth-order valence-electron chi connectivity index (χ4n) is 2.88. The number of rotatable bonds is 3. The summed E-state index contributed by atoms with van der Waals surface area (Å²) in [6.07, 6.45) is 1.74. The summed E-state index contributed by atoms with van der Waals surface area (Å²) < 4.78 is 1.81. The zero-order valence-electron chi connectivity index (χ0n) is 14.0. The zero-order valence-corrected chi connectivity index (χ0v) is 14.7. The average molecular weight is 363 g/mol. The van der Waals surface area contributed by atoms with Crippen molar-refractivity contribution < 1.29 is 4.79 Å². The summed E-state index contributed by atoms with van der Waals surface area (Å²) in [6, 6.07) is 18.5. The average Bonchev–Trinajstić information content (AvgIpc) is 3.07. The van der Waals surface area contributed by atoms with Crippen LogP contribution in [0.2, 0.25) is 5.15 Å². The van der Waals surface area contributed by atoms with Gasteiger partial charge in [-0.25, -0.2) is 9.67 Å². The summed E-state index contributed by atoms with van der Waals surface area (Å²) >= 11 is 6.08. The van der Waals surface area contributed by atoms with Crippen LogP contribution in [0.5, 0.6) is 0 Å². The molecule has 2 aromatic heterocycles. The Kier molecular flexibility index (Phi) is 4.14. The van der Waals surface area contributed by atoms with E-state index in [1.54, 1.807) is 12.3 Å². The van der Waals surface area contributed by atoms with Crippen LogP contribution in [0.1, 0.15) is 16.1 Å². The van der Waals surface area contributed by atoms with Crippen LogP contribution in [-0.2, 0) is 0 Å². The van der Waals surface area contributed by atoms with Gasteiger partial charge in [-0.15, -0.1) is 0 Å². The number of nitrogens with one attached hydrogen (secondary N) is 1. The number of aromatic nitrogens is 3. The van der Waals surface area contributed by atoms with Gasteiger partial charge in [-0.05, 0) is 43.3 Å². The van der Waals surface area contributed by atoms with Crippen LogP contribution in [-0.4, -0.2) is 20.7 Å². The minimum absolute atomic E-state index is 0.236. The topological polar surface area (TPSA) is 59.8 Å². The van der Waals surface area contributed by atoms with Gasteiger partial charge in [-0.1, -0.05) is 35.9 Å². The molecule has 4 rings (SSSR count). The van der Waals surface area contributed by atoms with E-state index in [-0.39, 0.29) is 11.1 Å². The van der Waals surface area contributed by atoms with Crippen LogP contribution in [0, 0.1) is 6.92 Å². The van der Waals surface area contributed by atoms with E-state index in [0.29, 0.717) is 16.8 Å². The first-order valence-electron chi connectivity index (χ1n) is 8.09. The molecule has 2 heterocycles. The van der Waals surface area contributed by atoms with E-state index in [4.69, 9.17) is 11.6 Å². The summed E-state index contributed by atoms with van der Waals surface area (Å²) in [4.78, 5) is 17.1. The maximum Gasteiger partial charge on any atom is 0.256 e. The van der Waals surface area contributed by atoms with Crippen molar-refractivity contribution in [1.29, 1.82) is 0 Å². The van der Waals surface area contributed by atoms with Gasteiger partial charge in [0.1, 0.15) is 5.15 Å². The zero-order chi connectivity index (χ0) is 18.1. The van der Waals surface area contributed by atoms with Gasteiger partial charge in [0.15, 0.2) is 0 Å². The molecule has 0 atom stereocenters. The number of hydrogen-bond donors (Lipinski definition) is 1. The highest BCUT2D eigenvalue weighted by Gasteiger charge is 2.13. The Morgan fingerprint density at radius 1 is 1.08 bits per heavy atom. The number of fused-ring (bicyclic) bond motifs is 1. The normalized spacial score (nSPS) is 10.8. The SMILES string of the molecule is Cc1ccnn1-c1cccc(NC(=O)c2cc(Cl)nc3ccccc23)c1. The summed E-state index contributed by atoms with van der Waals surface area (Å²) in [5, 5.41) is 8.27. The van der Waals surface area contributed by atoms with Gasteiger partial charge >= 0.3 is 0 Å². The molecule has 2 aromatic carbocycles. The first kappa shape index (κ1) is 16.3. The van der Waals surface area contributed by atoms with E-state index in [1.165, 1.54) is 0 Å². The molecule has 1 N–H and O–H groups in total. The van der Waals surface area contributed by atoms with Crippen molar-refractivity contribution in [2.75, 3.05) is 5.32 Å². The first-order valence-corrected chi connectivity index (χ1v) is 8.47. The van der Waals surface area contributed by atoms with Crippen molar-refractivity contribution in [3.05, 3.63) is 83.3 Å². The number of aryl methyl sites for hydroxylation is 1. The number of para-hydroxylation sites is 1. The number of benzene rings is 2. The van der Waals surface area contributed by atoms with Crippen LogP contribution < -0.4 is 5.32 Å². The Bertz CT molecular complexity index is 1120. The molecular weight excluding hydrogens is 348 g/mol. The third kappa shape index (κ3) is 3.05. The lowest BCUT2D eigenvalue weighted by Crippen LogP contribution is -2.13. The molecule has 1 amide bonds. The highest BCUT2D eigenvalue weighted by atomic mass is 35.5. The molecule has 0 radical (unpaired) electrons. The summed E-state index contributed by atoms with van der Waals surface area (Å²) in [6.45, 7) is 1.98. The first-order chi connectivity index (χ1) is 12.6. The molecule has 0 aliphatic rings. The molecule has 0 spiro atoms. The van der Waals surface area contributed by atoms with Crippen molar-refractivity contribution in [2.45, 2.75) is 6.92 Å². The van der Waals surface area contributed by atoms with Gasteiger partial charge in [0.2, 0.25) is 0 Å². The predicted molar refractivity (Wildman–Crippen MR) is 103 cm³/mol. The Labute approximate surface area is 155 Å². The van der Waals surface area contributed by atoms with Gasteiger partial charge in [0.25, 0.3) is 5.91 Å². The molecule has 128 valence electrons. The van der Waals surface area contributed by atoms with Crippen molar-refractivity contribution in [2.24, 2.45) is 0 Å². The molecule has 0 bridgehead atoms. The number of nitrogens with zero attached hydrogens (tertiary/aromatic N) is 3. The molecule has 0 unspecified atom stereocenters. The van der Waals surface area contributed by atoms with Crippen molar-refractivity contribution in [1.82, 2.24) is 14.8 Å². The minimum Gasteiger partial charge on any atom is -0.322 e. The molecule has 6 heteroatoms. The fraction of sp³-hybridized carbons (Fsp3) is 0.0500. The van der Waals surface area contributed by atoms with Crippen LogP contribution in [0.3, 0.4) is 0 Å². The lowest BCUT2D eigenvalue weighted by atomic mass is 10.1. The second kappa shape index (κ2) is 6.61. The summed E-state index contributed by atoms with van der Waals surface area (Å²) in [5.74, 6) is -0.236. The largest absolute Gasteiger partial charge is 0.322 e. The third-order valence-electron chi connectivity index (χ3n) is 4.11. The van der Waals surface area contributed by atoms with Gasteiger partial charge in [-0.3, -0.25) is 4.79 Å². The van der Waals surface area contributed by atoms with Gasteiger partial charge < -0.3 is 5.32 Å². The van der Waals surface area contributed by atoms with E-state index < -0.39 is 0 Å². The number of anilines is 1. The van der Waals surface area contributed by atoms with E-state index in [0.717, 1.165) is 16.8 Å². The molecule has 26 heavy (non-hydrogen) atoms. The van der Waals surface area contributed by atoms with Crippen LogP contribution in [0.25, 0.3) is 16.6 Å². The maximum atomic E-state index is 12.8. The Morgan fingerprint density at radius 3 is 2.73 bits per heavy atom. The van der Waals surface area contributed by atoms with Crippen molar-refractivity contribution in [3.8, 4) is 5.69 Å². The highest BCUT2D eigenvalue weighted by Crippen LogP contribution is 2.23. The lowest BCUT2D eigenvalue weighted by Gasteiger charge is -2.10. The fourth-order valence-corrected chi connectivity index (χ4v) is 3.08. The van der Waals surface area contributed by atoms with Gasteiger partial charge in [0, 0.05) is 23.0 Å². The third-order valence-corrected chi connectivity index (χ3v) is 4.30. The summed E-state index contributed by atoms with van der Waals surface area (Å²) in [5.41, 5.74) is 3.75. The number of carbonyl (C=O) groups is 1. The monoisotopic (exact) mass is 362 g/mol. The molecular formula is C20H15ClN4O. The van der Waals surface area contributed by atoms with Crippen molar-refractivity contribution in [3.63, 3.8) is 0 Å².